The maximum Gasteiger partial charge on any atom is 0.181 e. The van der Waals surface area contributed by atoms with Crippen molar-refractivity contribution in [3.8, 4) is 5.75 Å². The van der Waals surface area contributed by atoms with E-state index in [-0.39, 0.29) is 16.4 Å². The van der Waals surface area contributed by atoms with E-state index >= 15 is 0 Å². The van der Waals surface area contributed by atoms with Gasteiger partial charge in [0.25, 0.3) is 0 Å². The van der Waals surface area contributed by atoms with Crippen molar-refractivity contribution in [2.45, 2.75) is 9.65 Å². The summed E-state index contributed by atoms with van der Waals surface area (Å²) in [7, 11) is 0. The molecule has 0 amide bonds. The Morgan fingerprint density at radius 3 is 2.45 bits per heavy atom. The second-order valence-electron chi connectivity index (χ2n) is 4.24. The lowest BCUT2D eigenvalue weighted by Gasteiger charge is -2.17. The van der Waals surface area contributed by atoms with E-state index in [4.69, 9.17) is 11.6 Å². The SMILES string of the molecule is O=C(c1ccccc1O)C(Br)C(Br)c1cccc(Cl)c1. The lowest BCUT2D eigenvalue weighted by Crippen LogP contribution is -2.19. The van der Waals surface area contributed by atoms with E-state index in [1.54, 1.807) is 30.3 Å². The number of hydrogen-bond donors (Lipinski definition) is 1. The fourth-order valence-corrected chi connectivity index (χ4v) is 3.09. The van der Waals surface area contributed by atoms with Crippen molar-refractivity contribution in [3.63, 3.8) is 0 Å². The van der Waals surface area contributed by atoms with E-state index in [1.165, 1.54) is 6.07 Å². The van der Waals surface area contributed by atoms with Crippen LogP contribution < -0.4 is 0 Å². The van der Waals surface area contributed by atoms with E-state index in [9.17, 15) is 9.90 Å². The molecule has 1 N–H and O–H groups in total. The molecule has 0 aliphatic carbocycles. The van der Waals surface area contributed by atoms with Crippen molar-refractivity contribution in [2.24, 2.45) is 0 Å². The van der Waals surface area contributed by atoms with Crippen LogP contribution in [-0.4, -0.2) is 15.7 Å². The second-order valence-corrected chi connectivity index (χ2v) is 6.65. The number of carbonyl (C=O) groups is 1. The maximum absolute atomic E-state index is 12.4. The van der Waals surface area contributed by atoms with Crippen molar-refractivity contribution in [1.82, 2.24) is 0 Å². The van der Waals surface area contributed by atoms with Crippen molar-refractivity contribution in [3.05, 3.63) is 64.7 Å². The van der Waals surface area contributed by atoms with Gasteiger partial charge in [0.15, 0.2) is 5.78 Å². The molecule has 0 radical (unpaired) electrons. The highest BCUT2D eigenvalue weighted by molar-refractivity contribution is 9.12. The van der Waals surface area contributed by atoms with Gasteiger partial charge in [-0.1, -0.05) is 67.7 Å². The Hall–Kier alpha value is -0.840. The highest BCUT2D eigenvalue weighted by Gasteiger charge is 2.27. The molecule has 5 heteroatoms. The zero-order valence-electron chi connectivity index (χ0n) is 10.3. The Balaban J connectivity index is 2.25. The Morgan fingerprint density at radius 2 is 1.80 bits per heavy atom. The molecule has 0 bridgehead atoms. The first kappa shape index (κ1) is 15.5. The van der Waals surface area contributed by atoms with Gasteiger partial charge in [-0.25, -0.2) is 0 Å². The molecule has 2 aromatic carbocycles. The molecule has 20 heavy (non-hydrogen) atoms. The normalized spacial score (nSPS) is 13.8. The number of para-hydroxylation sites is 1. The third-order valence-electron chi connectivity index (χ3n) is 2.84. The number of hydrogen-bond acceptors (Lipinski definition) is 2. The number of carbonyl (C=O) groups excluding carboxylic acids is 1. The molecule has 0 heterocycles. The highest BCUT2D eigenvalue weighted by atomic mass is 79.9. The van der Waals surface area contributed by atoms with Gasteiger partial charge in [0.2, 0.25) is 0 Å². The standard InChI is InChI=1S/C15H11Br2ClO2/c16-13(9-4-3-5-10(18)8-9)14(17)15(20)11-6-1-2-7-12(11)19/h1-8,13-14,19H. The van der Waals surface area contributed by atoms with Gasteiger partial charge in [-0.15, -0.1) is 0 Å². The third-order valence-corrected chi connectivity index (χ3v) is 5.79. The first-order chi connectivity index (χ1) is 9.50. The van der Waals surface area contributed by atoms with Gasteiger partial charge in [0.05, 0.1) is 15.2 Å². The molecule has 104 valence electrons. The first-order valence-corrected chi connectivity index (χ1v) is 8.07. The van der Waals surface area contributed by atoms with Crippen LogP contribution in [0.25, 0.3) is 0 Å². The number of Topliss-reactive ketones (excluding diaryl/α,β-unsaturated/α-hetero) is 1. The number of rotatable bonds is 4. The van der Waals surface area contributed by atoms with E-state index in [2.05, 4.69) is 31.9 Å². The molecule has 2 unspecified atom stereocenters. The summed E-state index contributed by atoms with van der Waals surface area (Å²) in [5.74, 6) is -0.210. The Bertz CT molecular complexity index is 631. The number of ketones is 1. The fourth-order valence-electron chi connectivity index (χ4n) is 1.81. The van der Waals surface area contributed by atoms with Crippen LogP contribution in [0.2, 0.25) is 5.02 Å². The average molecular weight is 419 g/mol. The molecular formula is C15H11Br2ClO2. The smallest absolute Gasteiger partial charge is 0.181 e. The molecule has 0 aliphatic rings. The van der Waals surface area contributed by atoms with Gasteiger partial charge in [-0.3, -0.25) is 4.79 Å². The molecule has 0 fully saturated rings. The van der Waals surface area contributed by atoms with Crippen LogP contribution in [0.15, 0.2) is 48.5 Å². The van der Waals surface area contributed by atoms with Crippen molar-refractivity contribution in [2.75, 3.05) is 0 Å². The number of halogens is 3. The van der Waals surface area contributed by atoms with E-state index < -0.39 is 4.83 Å². The zero-order valence-corrected chi connectivity index (χ0v) is 14.2. The molecule has 0 saturated carbocycles. The van der Waals surface area contributed by atoms with Crippen LogP contribution in [0.5, 0.6) is 5.75 Å². The van der Waals surface area contributed by atoms with Crippen molar-refractivity contribution in [1.29, 1.82) is 0 Å². The van der Waals surface area contributed by atoms with Crippen LogP contribution >= 0.6 is 43.5 Å². The van der Waals surface area contributed by atoms with Crippen molar-refractivity contribution < 1.29 is 9.90 Å². The molecular weight excluding hydrogens is 407 g/mol. The van der Waals surface area contributed by atoms with Crippen LogP contribution in [0.3, 0.4) is 0 Å². The highest BCUT2D eigenvalue weighted by Crippen LogP contribution is 2.35. The average Bonchev–Trinajstić information content (AvgIpc) is 2.45. The molecule has 2 nitrogen and oxygen atoms in total. The molecule has 2 aromatic rings. The second kappa shape index (κ2) is 6.74. The van der Waals surface area contributed by atoms with Crippen molar-refractivity contribution >= 4 is 49.2 Å². The van der Waals surface area contributed by atoms with Gasteiger partial charge in [-0.2, -0.15) is 0 Å². The summed E-state index contributed by atoms with van der Waals surface area (Å²) in [6, 6.07) is 13.8. The predicted octanol–water partition coefficient (Wildman–Crippen LogP) is 5.13. The number of alkyl halides is 2. The summed E-state index contributed by atoms with van der Waals surface area (Å²) in [6.07, 6.45) is 0. The molecule has 2 rings (SSSR count). The largest absolute Gasteiger partial charge is 0.507 e. The maximum atomic E-state index is 12.4. The molecule has 2 atom stereocenters. The summed E-state index contributed by atoms with van der Waals surface area (Å²) in [4.78, 5) is 11.6. The Labute approximate surface area is 139 Å². The van der Waals surface area contributed by atoms with Gasteiger partial charge in [0, 0.05) is 5.02 Å². The molecule has 0 saturated heterocycles. The zero-order chi connectivity index (χ0) is 14.7. The first-order valence-electron chi connectivity index (χ1n) is 5.86. The Kier molecular flexibility index (Phi) is 5.24. The summed E-state index contributed by atoms with van der Waals surface area (Å²) < 4.78 is 0. The number of benzene rings is 2. The van der Waals surface area contributed by atoms with Gasteiger partial charge in [0.1, 0.15) is 5.75 Å². The van der Waals surface area contributed by atoms with Gasteiger partial charge < -0.3 is 5.11 Å². The minimum atomic E-state index is -0.505. The lowest BCUT2D eigenvalue weighted by molar-refractivity contribution is 0.0988. The van der Waals surface area contributed by atoms with Crippen LogP contribution in [0.1, 0.15) is 20.7 Å². The minimum Gasteiger partial charge on any atom is -0.507 e. The minimum absolute atomic E-state index is 0.0206. The number of phenols is 1. The summed E-state index contributed by atoms with van der Waals surface area (Å²) >= 11 is 12.8. The Morgan fingerprint density at radius 1 is 1.10 bits per heavy atom. The van der Waals surface area contributed by atoms with Gasteiger partial charge in [-0.05, 0) is 29.8 Å². The van der Waals surface area contributed by atoms with E-state index in [1.807, 2.05) is 12.1 Å². The summed E-state index contributed by atoms with van der Waals surface area (Å²) in [5, 5.41) is 10.4. The molecule has 0 aliphatic heterocycles. The quantitative estimate of drug-likeness (QED) is 0.552. The van der Waals surface area contributed by atoms with Crippen LogP contribution in [-0.2, 0) is 0 Å². The van der Waals surface area contributed by atoms with E-state index in [0.29, 0.717) is 10.6 Å². The van der Waals surface area contributed by atoms with E-state index in [0.717, 1.165) is 5.56 Å². The fraction of sp³-hybridized carbons (Fsp3) is 0.133. The monoisotopic (exact) mass is 416 g/mol. The van der Waals surface area contributed by atoms with Crippen LogP contribution in [0.4, 0.5) is 0 Å². The molecule has 0 aromatic heterocycles. The third kappa shape index (κ3) is 3.43. The van der Waals surface area contributed by atoms with Gasteiger partial charge >= 0.3 is 0 Å². The number of phenolic OH excluding ortho intramolecular Hbond substituents is 1. The summed E-state index contributed by atoms with van der Waals surface area (Å²) in [5.41, 5.74) is 1.18. The van der Waals surface area contributed by atoms with Crippen LogP contribution in [0, 0.1) is 0 Å². The summed E-state index contributed by atoms with van der Waals surface area (Å²) in [6.45, 7) is 0. The number of aromatic hydroxyl groups is 1. The predicted molar refractivity (Wildman–Crippen MR) is 88.3 cm³/mol. The molecule has 0 spiro atoms. The topological polar surface area (TPSA) is 37.3 Å². The lowest BCUT2D eigenvalue weighted by atomic mass is 10.0.